The summed E-state index contributed by atoms with van der Waals surface area (Å²) in [5, 5.41) is 80.4. The number of Topliss-reactive ketones (excluding diaryl/α,β-unsaturated/α-hetero) is 3. The average molecular weight is 957 g/mol. The molecule has 2 saturated heterocycles. The molecule has 368 valence electrons. The van der Waals surface area contributed by atoms with Crippen LogP contribution in [0.15, 0.2) is 119 Å². The van der Waals surface area contributed by atoms with Crippen molar-refractivity contribution >= 4 is 28.5 Å². The van der Waals surface area contributed by atoms with E-state index in [-0.39, 0.29) is 91.4 Å². The Kier molecular flexibility index (Phi) is 13.5. The zero-order chi connectivity index (χ0) is 50.7. The summed E-state index contributed by atoms with van der Waals surface area (Å²) in [5.74, 6) is -6.72. The molecule has 0 saturated carbocycles. The van der Waals surface area contributed by atoms with Gasteiger partial charge in [0.05, 0.1) is 22.0 Å². The number of carbonyl (C=O) groups excluding carboxylic acids is 3. The van der Waals surface area contributed by atoms with Crippen LogP contribution in [0.5, 0.6) is 11.5 Å². The lowest BCUT2D eigenvalue weighted by molar-refractivity contribution is -0.146. The minimum Gasteiger partial charge on any atom is -0.508 e. The van der Waals surface area contributed by atoms with Crippen LogP contribution >= 0.6 is 0 Å². The third-order valence-electron chi connectivity index (χ3n) is 15.2. The predicted octanol–water partition coefficient (Wildman–Crippen LogP) is 9.48. The van der Waals surface area contributed by atoms with Crippen molar-refractivity contribution in [1.29, 1.82) is 0 Å². The highest BCUT2D eigenvalue weighted by atomic mass is 19.1. The van der Waals surface area contributed by atoms with E-state index in [4.69, 9.17) is 0 Å². The van der Waals surface area contributed by atoms with E-state index in [2.05, 4.69) is 10.6 Å². The van der Waals surface area contributed by atoms with Gasteiger partial charge in [0.25, 0.3) is 0 Å². The van der Waals surface area contributed by atoms with Crippen LogP contribution in [0.1, 0.15) is 109 Å². The van der Waals surface area contributed by atoms with Crippen molar-refractivity contribution in [1.82, 2.24) is 10.6 Å². The van der Waals surface area contributed by atoms with Crippen molar-refractivity contribution in [3.63, 3.8) is 0 Å². The summed E-state index contributed by atoms with van der Waals surface area (Å²) in [4.78, 5) is 48.7. The zero-order valence-electron chi connectivity index (χ0n) is 40.5. The summed E-state index contributed by atoms with van der Waals surface area (Å²) in [6.07, 6.45) is 0.738. The monoisotopic (exact) mass is 956 g/mol. The second kappa shape index (κ2) is 18.8. The van der Waals surface area contributed by atoms with Gasteiger partial charge in [-0.05, 0) is 177 Å². The molecular weight excluding hydrogens is 895 g/mol. The molecule has 2 aliphatic carbocycles. The summed E-state index contributed by atoms with van der Waals surface area (Å²) in [5.41, 5.74) is -8.71. The molecule has 4 aliphatic rings. The summed E-state index contributed by atoms with van der Waals surface area (Å²) >= 11 is 0. The third kappa shape index (κ3) is 8.50. The van der Waals surface area contributed by atoms with Crippen molar-refractivity contribution in [2.45, 2.75) is 91.3 Å². The molecule has 70 heavy (non-hydrogen) atoms. The topological polar surface area (TPSA) is 197 Å². The lowest BCUT2D eigenvalue weighted by atomic mass is 9.45. The number of aromatic hydroxyl groups is 2. The predicted molar refractivity (Wildman–Crippen MR) is 263 cm³/mol. The number of nitrogens with one attached hydrogen (secondary N) is 2. The van der Waals surface area contributed by atoms with Gasteiger partial charge in [-0.25, -0.2) is 8.78 Å². The Morgan fingerprint density at radius 1 is 0.586 bits per heavy atom. The molecule has 2 aliphatic heterocycles. The van der Waals surface area contributed by atoms with E-state index in [1.165, 1.54) is 114 Å². The highest BCUT2D eigenvalue weighted by Gasteiger charge is 2.67. The number of carbonyl (C=O) groups is 3. The smallest absolute Gasteiger partial charge is 0.189 e. The van der Waals surface area contributed by atoms with Crippen molar-refractivity contribution in [3.8, 4) is 11.5 Å². The van der Waals surface area contributed by atoms with Crippen LogP contribution in [-0.2, 0) is 4.79 Å². The number of hydrogen-bond donors (Lipinski definition) is 8. The Hall–Kier alpha value is -6.25. The molecule has 8 rings (SSSR count). The van der Waals surface area contributed by atoms with Gasteiger partial charge in [-0.15, -0.1) is 0 Å². The fourth-order valence-corrected chi connectivity index (χ4v) is 12.3. The molecule has 0 radical (unpaired) electrons. The number of halogens is 2. The first-order valence-corrected chi connectivity index (χ1v) is 24.0. The quantitative estimate of drug-likeness (QED) is 0.0630. The van der Waals surface area contributed by atoms with Crippen molar-refractivity contribution in [2.75, 3.05) is 26.2 Å². The number of rotatable bonds is 12. The van der Waals surface area contributed by atoms with Gasteiger partial charge in [0.2, 0.25) is 0 Å². The fourth-order valence-electron chi connectivity index (χ4n) is 12.3. The van der Waals surface area contributed by atoms with Gasteiger partial charge in [0.15, 0.2) is 17.3 Å². The lowest BCUT2D eigenvalue weighted by Crippen LogP contribution is -2.62. The first-order valence-electron chi connectivity index (χ1n) is 24.0. The number of benzene rings is 4. The standard InChI is InChI=1S/C57H62F2N2O9/c1-31-39(19-9-21-43(31)58)45-41(47(64)33-13-7-17-37(62)25-33)27-56(35-15-11-23-60-29-35,51(49(45)66)54(3,4)69)53(68)57(36-16-12-24-61-30-36)28-42(48(65)34-14-8-18-38(63)26-34)46(50(67)52(57)55(5,6)70)40-20-10-22-44(59)32(40)2/h7-10,13-14,17-22,25-26,35-36,60-63,66-67,69-70H,11-12,15-16,23-24,27-30H2,1-6H3/t35?,36?,56-,57-/m1/s1. The maximum Gasteiger partial charge on any atom is 0.189 e. The van der Waals surface area contributed by atoms with E-state index in [9.17, 15) is 30.6 Å². The molecule has 4 atom stereocenters. The molecular formula is C57H62F2N2O9. The summed E-state index contributed by atoms with van der Waals surface area (Å²) in [6.45, 7) is 10.1. The third-order valence-corrected chi connectivity index (χ3v) is 15.2. The summed E-state index contributed by atoms with van der Waals surface area (Å²) in [6, 6.07) is 19.6. The highest BCUT2D eigenvalue weighted by Crippen LogP contribution is 2.65. The van der Waals surface area contributed by atoms with Gasteiger partial charge in [-0.1, -0.05) is 48.5 Å². The molecule has 13 heteroatoms. The number of aliphatic hydroxyl groups excluding tert-OH is 2. The fraction of sp³-hybridized carbons (Fsp3) is 0.386. The van der Waals surface area contributed by atoms with E-state index in [1.54, 1.807) is 12.1 Å². The molecule has 2 unspecified atom stereocenters. The molecule has 2 heterocycles. The lowest BCUT2D eigenvalue weighted by Gasteiger charge is -2.57. The molecule has 8 N–H and O–H groups in total. The number of phenols is 2. The number of aliphatic hydroxyl groups is 4. The average Bonchev–Trinajstić information content (AvgIpc) is 3.32. The summed E-state index contributed by atoms with van der Waals surface area (Å²) < 4.78 is 31.5. The molecule has 4 aromatic carbocycles. The van der Waals surface area contributed by atoms with E-state index in [0.29, 0.717) is 38.8 Å². The molecule has 4 aromatic rings. The van der Waals surface area contributed by atoms with Gasteiger partial charge in [-0.2, -0.15) is 0 Å². The van der Waals surface area contributed by atoms with Gasteiger partial charge < -0.3 is 41.3 Å². The van der Waals surface area contributed by atoms with Crippen LogP contribution in [0.4, 0.5) is 8.78 Å². The SMILES string of the molecule is Cc1c(F)cccc1C1=C(C(=O)c2cccc(O)c2)C[C@@](C(=O)[C@@]2(C3CCCNC3)CC(C(=O)c3cccc(O)c3)=C(c3cccc(F)c3C)C(O)=C2C(C)(C)O)(C2CCCNC2)C(C(C)(C)O)=C1O. The van der Waals surface area contributed by atoms with Gasteiger partial charge in [-0.3, -0.25) is 14.4 Å². The van der Waals surface area contributed by atoms with Gasteiger partial charge in [0, 0.05) is 44.6 Å². The Morgan fingerprint density at radius 3 is 1.29 bits per heavy atom. The molecule has 0 spiro atoms. The Morgan fingerprint density at radius 2 is 0.957 bits per heavy atom. The Bertz CT molecular complexity index is 2730. The minimum absolute atomic E-state index is 0.000186. The van der Waals surface area contributed by atoms with E-state index in [0.717, 1.165) is 0 Å². The van der Waals surface area contributed by atoms with E-state index in [1.807, 2.05) is 0 Å². The largest absolute Gasteiger partial charge is 0.508 e. The molecule has 2 fully saturated rings. The summed E-state index contributed by atoms with van der Waals surface area (Å²) in [7, 11) is 0. The van der Waals surface area contributed by atoms with Crippen molar-refractivity contribution in [3.05, 3.63) is 164 Å². The number of ketones is 3. The molecule has 0 amide bonds. The maximum absolute atomic E-state index is 17.8. The highest BCUT2D eigenvalue weighted by molar-refractivity contribution is 6.19. The van der Waals surface area contributed by atoms with Crippen LogP contribution in [0.3, 0.4) is 0 Å². The first-order chi connectivity index (χ1) is 33.0. The Labute approximate surface area is 407 Å². The van der Waals surface area contributed by atoms with E-state index < -0.39 is 87.2 Å². The maximum atomic E-state index is 17.8. The molecule has 0 bridgehead atoms. The van der Waals surface area contributed by atoms with Gasteiger partial charge >= 0.3 is 0 Å². The van der Waals surface area contributed by atoms with Crippen LogP contribution in [0.25, 0.3) is 11.1 Å². The Balaban J connectivity index is 1.54. The molecule has 0 aromatic heterocycles. The number of phenolic OH excluding ortho intramolecular Hbond substituents is 2. The number of allylic oxidation sites excluding steroid dienone is 4. The van der Waals surface area contributed by atoms with Gasteiger partial charge in [0.1, 0.15) is 34.7 Å². The minimum atomic E-state index is -2.10. The number of hydrogen-bond acceptors (Lipinski definition) is 11. The van der Waals surface area contributed by atoms with Crippen molar-refractivity contribution in [2.24, 2.45) is 22.7 Å². The second-order valence-corrected chi connectivity index (χ2v) is 20.6. The normalized spacial score (nSPS) is 23.7. The van der Waals surface area contributed by atoms with E-state index >= 15 is 23.2 Å². The number of piperidine rings is 2. The second-order valence-electron chi connectivity index (χ2n) is 20.6. The van der Waals surface area contributed by atoms with Crippen LogP contribution in [-0.4, -0.2) is 85.4 Å². The van der Waals surface area contributed by atoms with Crippen LogP contribution < -0.4 is 10.6 Å². The van der Waals surface area contributed by atoms with Crippen LogP contribution in [0, 0.1) is 48.1 Å². The van der Waals surface area contributed by atoms with Crippen molar-refractivity contribution < 1.29 is 53.8 Å². The zero-order valence-corrected chi connectivity index (χ0v) is 40.5. The van der Waals surface area contributed by atoms with Crippen LogP contribution in [0.2, 0.25) is 0 Å². The first kappa shape index (κ1) is 50.1. The molecule has 11 nitrogen and oxygen atoms in total.